The molecular weight excluding hydrogens is 324 g/mol. The van der Waals surface area contributed by atoms with Gasteiger partial charge in [-0.25, -0.2) is 0 Å². The average Bonchev–Trinajstić information content (AvgIpc) is 2.45. The lowest BCUT2D eigenvalue weighted by Crippen LogP contribution is -1.88. The van der Waals surface area contributed by atoms with Crippen LogP contribution < -0.4 is 9.47 Å². The number of benzene rings is 2. The van der Waals surface area contributed by atoms with Gasteiger partial charge < -0.3 is 9.47 Å². The van der Waals surface area contributed by atoms with Crippen LogP contribution in [-0.2, 0) is 5.75 Å². The molecule has 0 aromatic heterocycles. The highest BCUT2D eigenvalue weighted by molar-refractivity contribution is 9.10. The summed E-state index contributed by atoms with van der Waals surface area (Å²) in [6.45, 7) is 0. The van der Waals surface area contributed by atoms with Gasteiger partial charge in [0.05, 0.1) is 18.7 Å². The van der Waals surface area contributed by atoms with Crippen molar-refractivity contribution in [3.8, 4) is 11.5 Å². The van der Waals surface area contributed by atoms with Gasteiger partial charge >= 0.3 is 0 Å². The Balaban J connectivity index is 2.08. The number of halogens is 1. The van der Waals surface area contributed by atoms with Crippen molar-refractivity contribution in [3.63, 3.8) is 0 Å². The fourth-order valence-corrected chi connectivity index (χ4v) is 3.26. The molecule has 2 nitrogen and oxygen atoms in total. The lowest BCUT2D eigenvalue weighted by Gasteiger charge is -2.09. The number of hydrogen-bond donors (Lipinski definition) is 0. The van der Waals surface area contributed by atoms with Gasteiger partial charge in [-0.05, 0) is 45.8 Å². The minimum absolute atomic E-state index is 0.853. The molecule has 0 heterocycles. The second-order valence-electron chi connectivity index (χ2n) is 3.91. The summed E-state index contributed by atoms with van der Waals surface area (Å²) >= 11 is 5.26. The van der Waals surface area contributed by atoms with Crippen molar-refractivity contribution >= 4 is 27.7 Å². The van der Waals surface area contributed by atoms with Gasteiger partial charge in [-0.15, -0.1) is 11.8 Å². The van der Waals surface area contributed by atoms with Crippen LogP contribution >= 0.6 is 27.7 Å². The van der Waals surface area contributed by atoms with Crippen LogP contribution in [0.15, 0.2) is 51.8 Å². The predicted molar refractivity (Wildman–Crippen MR) is 83.2 cm³/mol. The van der Waals surface area contributed by atoms with Crippen molar-refractivity contribution in [3.05, 3.63) is 52.5 Å². The molecule has 0 fully saturated rings. The first-order valence-electron chi connectivity index (χ1n) is 5.83. The maximum atomic E-state index is 5.34. The van der Waals surface area contributed by atoms with Crippen LogP contribution in [0.5, 0.6) is 11.5 Å². The Hall–Kier alpha value is -1.13. The number of methoxy groups -OCH3 is 2. The van der Waals surface area contributed by atoms with Crippen LogP contribution in [0.25, 0.3) is 0 Å². The molecule has 2 aromatic rings. The standard InChI is InChI=1S/C15H15BrO2S/c1-17-13-8-7-11(9-12(13)16)10-19-15-6-4-3-5-14(15)18-2/h3-9H,10H2,1-2H3. The quantitative estimate of drug-likeness (QED) is 0.732. The van der Waals surface area contributed by atoms with Crippen LogP contribution in [0.1, 0.15) is 5.56 Å². The van der Waals surface area contributed by atoms with Gasteiger partial charge in [0.15, 0.2) is 0 Å². The Labute approximate surface area is 126 Å². The van der Waals surface area contributed by atoms with E-state index in [1.807, 2.05) is 24.3 Å². The molecule has 0 atom stereocenters. The Kier molecular flexibility index (Phi) is 5.16. The molecule has 0 N–H and O–H groups in total. The van der Waals surface area contributed by atoms with Gasteiger partial charge in [0.25, 0.3) is 0 Å². The molecule has 0 saturated carbocycles. The van der Waals surface area contributed by atoms with E-state index >= 15 is 0 Å². The van der Waals surface area contributed by atoms with Crippen LogP contribution in [-0.4, -0.2) is 14.2 Å². The molecule has 0 amide bonds. The molecule has 0 aliphatic carbocycles. The van der Waals surface area contributed by atoms with E-state index in [-0.39, 0.29) is 0 Å². The Morgan fingerprint density at radius 1 is 1.00 bits per heavy atom. The van der Waals surface area contributed by atoms with Crippen LogP contribution in [0.4, 0.5) is 0 Å². The maximum Gasteiger partial charge on any atom is 0.133 e. The van der Waals surface area contributed by atoms with Crippen LogP contribution in [0.3, 0.4) is 0 Å². The monoisotopic (exact) mass is 338 g/mol. The Bertz CT molecular complexity index is 558. The molecule has 19 heavy (non-hydrogen) atoms. The second kappa shape index (κ2) is 6.87. The van der Waals surface area contributed by atoms with Gasteiger partial charge in [-0.1, -0.05) is 18.2 Å². The molecule has 0 bridgehead atoms. The van der Waals surface area contributed by atoms with Crippen molar-refractivity contribution in [2.45, 2.75) is 10.6 Å². The summed E-state index contributed by atoms with van der Waals surface area (Å²) in [7, 11) is 3.37. The fraction of sp³-hybridized carbons (Fsp3) is 0.200. The zero-order chi connectivity index (χ0) is 13.7. The molecule has 4 heteroatoms. The first-order chi connectivity index (χ1) is 9.24. The van der Waals surface area contributed by atoms with E-state index in [1.54, 1.807) is 26.0 Å². The van der Waals surface area contributed by atoms with E-state index in [4.69, 9.17) is 9.47 Å². The summed E-state index contributed by atoms with van der Waals surface area (Å²) in [4.78, 5) is 1.15. The van der Waals surface area contributed by atoms with E-state index in [1.165, 1.54) is 5.56 Å². The van der Waals surface area contributed by atoms with Crippen LogP contribution in [0, 0.1) is 0 Å². The van der Waals surface area contributed by atoms with E-state index < -0.39 is 0 Å². The highest BCUT2D eigenvalue weighted by Crippen LogP contribution is 2.33. The highest BCUT2D eigenvalue weighted by Gasteiger charge is 2.05. The van der Waals surface area contributed by atoms with Gasteiger partial charge in [0.2, 0.25) is 0 Å². The molecule has 0 aliphatic rings. The maximum absolute atomic E-state index is 5.34. The van der Waals surface area contributed by atoms with Crippen molar-refractivity contribution < 1.29 is 9.47 Å². The minimum atomic E-state index is 0.853. The van der Waals surface area contributed by atoms with Crippen molar-refractivity contribution in [1.29, 1.82) is 0 Å². The normalized spacial score (nSPS) is 10.3. The molecule has 0 unspecified atom stereocenters. The van der Waals surface area contributed by atoms with E-state index in [9.17, 15) is 0 Å². The zero-order valence-electron chi connectivity index (χ0n) is 10.9. The lowest BCUT2D eigenvalue weighted by molar-refractivity contribution is 0.405. The van der Waals surface area contributed by atoms with Crippen LogP contribution in [0.2, 0.25) is 0 Å². The molecule has 2 aromatic carbocycles. The summed E-state index contributed by atoms with van der Waals surface area (Å²) in [5.41, 5.74) is 1.24. The van der Waals surface area contributed by atoms with Gasteiger partial charge in [-0.2, -0.15) is 0 Å². The fourth-order valence-electron chi connectivity index (χ4n) is 1.70. The van der Waals surface area contributed by atoms with Crippen molar-refractivity contribution in [1.82, 2.24) is 0 Å². The third-order valence-electron chi connectivity index (χ3n) is 2.68. The topological polar surface area (TPSA) is 18.5 Å². The summed E-state index contributed by atoms with van der Waals surface area (Å²) in [5.74, 6) is 2.66. The third kappa shape index (κ3) is 3.67. The summed E-state index contributed by atoms with van der Waals surface area (Å²) < 4.78 is 11.5. The molecular formula is C15H15BrO2S. The van der Waals surface area contributed by atoms with Gasteiger partial charge in [-0.3, -0.25) is 0 Å². The zero-order valence-corrected chi connectivity index (χ0v) is 13.3. The molecule has 0 radical (unpaired) electrons. The van der Waals surface area contributed by atoms with E-state index in [0.717, 1.165) is 26.6 Å². The predicted octanol–water partition coefficient (Wildman–Crippen LogP) is 4.76. The Morgan fingerprint density at radius 2 is 1.74 bits per heavy atom. The second-order valence-corrected chi connectivity index (χ2v) is 5.78. The SMILES string of the molecule is COc1ccc(CSc2ccccc2OC)cc1Br. The average molecular weight is 339 g/mol. The van der Waals surface area contributed by atoms with E-state index in [2.05, 4.69) is 34.1 Å². The minimum Gasteiger partial charge on any atom is -0.496 e. The summed E-state index contributed by atoms with van der Waals surface area (Å²) in [6, 6.07) is 14.2. The van der Waals surface area contributed by atoms with Crippen molar-refractivity contribution in [2.75, 3.05) is 14.2 Å². The number of ether oxygens (including phenoxy) is 2. The van der Waals surface area contributed by atoms with E-state index in [0.29, 0.717) is 0 Å². The molecule has 2 rings (SSSR count). The first-order valence-corrected chi connectivity index (χ1v) is 7.60. The number of hydrogen-bond acceptors (Lipinski definition) is 3. The van der Waals surface area contributed by atoms with Gasteiger partial charge in [0.1, 0.15) is 11.5 Å². The molecule has 0 saturated heterocycles. The molecule has 100 valence electrons. The smallest absolute Gasteiger partial charge is 0.133 e. The summed E-state index contributed by atoms with van der Waals surface area (Å²) in [5, 5.41) is 0. The highest BCUT2D eigenvalue weighted by atomic mass is 79.9. The third-order valence-corrected chi connectivity index (χ3v) is 4.43. The number of para-hydroxylation sites is 1. The molecule has 0 spiro atoms. The summed E-state index contributed by atoms with van der Waals surface area (Å²) in [6.07, 6.45) is 0. The largest absolute Gasteiger partial charge is 0.496 e. The molecule has 0 aliphatic heterocycles. The number of thioether (sulfide) groups is 1. The Morgan fingerprint density at radius 3 is 2.42 bits per heavy atom. The number of rotatable bonds is 5. The lowest BCUT2D eigenvalue weighted by atomic mass is 10.2. The van der Waals surface area contributed by atoms with Gasteiger partial charge in [0, 0.05) is 10.6 Å². The van der Waals surface area contributed by atoms with Crippen molar-refractivity contribution in [2.24, 2.45) is 0 Å². The first kappa shape index (κ1) is 14.3.